The Balaban J connectivity index is 2.13. The van der Waals surface area contributed by atoms with Crippen molar-refractivity contribution in [3.05, 3.63) is 57.3 Å². The van der Waals surface area contributed by atoms with E-state index >= 15 is 0 Å². The highest BCUT2D eigenvalue weighted by atomic mass is 32.2. The first-order valence-corrected chi connectivity index (χ1v) is 8.08. The minimum atomic E-state index is 0.0794. The molecule has 1 heterocycles. The number of rotatable bonds is 4. The maximum absolute atomic E-state index is 12.1. The van der Waals surface area contributed by atoms with E-state index in [1.165, 1.54) is 9.77 Å². The van der Waals surface area contributed by atoms with Crippen LogP contribution in [0.15, 0.2) is 41.3 Å². The van der Waals surface area contributed by atoms with Gasteiger partial charge in [-0.2, -0.15) is 0 Å². The molecule has 2 aromatic rings. The number of carbonyl (C=O) groups is 1. The van der Waals surface area contributed by atoms with Gasteiger partial charge in [-0.3, -0.25) is 4.79 Å². The summed E-state index contributed by atoms with van der Waals surface area (Å²) in [6.07, 6.45) is 5.58. The zero-order valence-corrected chi connectivity index (χ0v) is 12.9. The van der Waals surface area contributed by atoms with E-state index in [1.54, 1.807) is 29.2 Å². The first kappa shape index (κ1) is 14.1. The number of benzene rings is 1. The fourth-order valence-corrected chi connectivity index (χ4v) is 3.19. The van der Waals surface area contributed by atoms with Crippen LogP contribution in [0.25, 0.3) is 6.08 Å². The summed E-state index contributed by atoms with van der Waals surface area (Å²) in [5.41, 5.74) is 1.87. The summed E-state index contributed by atoms with van der Waals surface area (Å²) in [5.74, 6) is 0.0794. The van der Waals surface area contributed by atoms with Gasteiger partial charge in [-0.15, -0.1) is 23.1 Å². The number of carbonyl (C=O) groups excluding carboxylic acids is 1. The molecule has 1 aromatic carbocycles. The van der Waals surface area contributed by atoms with E-state index in [1.807, 2.05) is 38.1 Å². The van der Waals surface area contributed by atoms with Crippen LogP contribution in [-0.4, -0.2) is 12.0 Å². The Hall–Kier alpha value is -1.32. The molecule has 0 amide bonds. The third-order valence-corrected chi connectivity index (χ3v) is 4.56. The number of hydrogen-bond donors (Lipinski definition) is 0. The van der Waals surface area contributed by atoms with Gasteiger partial charge in [-0.05, 0) is 49.9 Å². The molecule has 0 saturated carbocycles. The van der Waals surface area contributed by atoms with Crippen molar-refractivity contribution in [3.63, 3.8) is 0 Å². The Morgan fingerprint density at radius 3 is 2.42 bits per heavy atom. The molecule has 98 valence electrons. The summed E-state index contributed by atoms with van der Waals surface area (Å²) >= 11 is 3.38. The van der Waals surface area contributed by atoms with Crippen LogP contribution in [0, 0.1) is 13.8 Å². The fraction of sp³-hybridized carbons (Fsp3) is 0.188. The summed E-state index contributed by atoms with van der Waals surface area (Å²) in [6, 6.07) is 10.1. The Kier molecular flexibility index (Phi) is 4.61. The number of ketones is 1. The highest BCUT2D eigenvalue weighted by Gasteiger charge is 2.08. The van der Waals surface area contributed by atoms with Crippen LogP contribution >= 0.6 is 23.1 Å². The summed E-state index contributed by atoms with van der Waals surface area (Å²) in [6.45, 7) is 4.02. The maximum atomic E-state index is 12.1. The average Bonchev–Trinajstić information content (AvgIpc) is 2.75. The van der Waals surface area contributed by atoms with Gasteiger partial charge in [0.1, 0.15) is 0 Å². The maximum Gasteiger partial charge on any atom is 0.186 e. The molecular weight excluding hydrogens is 272 g/mol. The monoisotopic (exact) mass is 288 g/mol. The Bertz CT molecular complexity index is 606. The van der Waals surface area contributed by atoms with Gasteiger partial charge in [0.2, 0.25) is 0 Å². The molecule has 0 atom stereocenters. The number of allylic oxidation sites excluding steroid dienone is 1. The van der Waals surface area contributed by atoms with E-state index in [4.69, 9.17) is 0 Å². The van der Waals surface area contributed by atoms with E-state index in [-0.39, 0.29) is 5.78 Å². The molecule has 0 bridgehead atoms. The zero-order valence-electron chi connectivity index (χ0n) is 11.3. The lowest BCUT2D eigenvalue weighted by molar-refractivity contribution is 0.104. The lowest BCUT2D eigenvalue weighted by Gasteiger charge is -1.97. The molecule has 0 N–H and O–H groups in total. The molecule has 0 unspecified atom stereocenters. The van der Waals surface area contributed by atoms with Crippen molar-refractivity contribution in [1.29, 1.82) is 0 Å². The Labute approximate surface area is 122 Å². The largest absolute Gasteiger partial charge is 0.289 e. The molecule has 1 aromatic heterocycles. The van der Waals surface area contributed by atoms with E-state index in [0.29, 0.717) is 0 Å². The second-order valence-corrected chi connectivity index (χ2v) is 6.64. The number of aryl methyl sites for hydroxylation is 2. The van der Waals surface area contributed by atoms with Gasteiger partial charge >= 0.3 is 0 Å². The normalized spacial score (nSPS) is 11.1. The molecule has 3 heteroatoms. The molecule has 0 aliphatic rings. The third-order valence-electron chi connectivity index (χ3n) is 2.85. The first-order chi connectivity index (χ1) is 9.10. The first-order valence-electron chi connectivity index (χ1n) is 6.03. The lowest BCUT2D eigenvalue weighted by Crippen LogP contribution is -1.93. The quantitative estimate of drug-likeness (QED) is 0.448. The van der Waals surface area contributed by atoms with Crippen LogP contribution < -0.4 is 0 Å². The lowest BCUT2D eigenvalue weighted by atomic mass is 10.1. The van der Waals surface area contributed by atoms with Crippen molar-refractivity contribution in [2.75, 3.05) is 6.26 Å². The molecule has 0 fully saturated rings. The highest BCUT2D eigenvalue weighted by Crippen LogP contribution is 2.22. The van der Waals surface area contributed by atoms with Gasteiger partial charge in [-0.1, -0.05) is 18.2 Å². The number of thiophene rings is 1. The number of hydrogen-bond acceptors (Lipinski definition) is 3. The molecule has 0 spiro atoms. The summed E-state index contributed by atoms with van der Waals surface area (Å²) in [5, 5.41) is 0. The van der Waals surface area contributed by atoms with E-state index in [0.717, 1.165) is 16.0 Å². The van der Waals surface area contributed by atoms with Gasteiger partial charge in [0, 0.05) is 20.2 Å². The number of thioether (sulfide) groups is 1. The second-order valence-electron chi connectivity index (χ2n) is 4.30. The minimum Gasteiger partial charge on any atom is -0.289 e. The van der Waals surface area contributed by atoms with Crippen LogP contribution in [-0.2, 0) is 0 Å². The van der Waals surface area contributed by atoms with Crippen molar-refractivity contribution >= 4 is 35.0 Å². The summed E-state index contributed by atoms with van der Waals surface area (Å²) in [7, 11) is 0. The molecule has 19 heavy (non-hydrogen) atoms. The minimum absolute atomic E-state index is 0.0794. The van der Waals surface area contributed by atoms with Crippen molar-refractivity contribution in [3.8, 4) is 0 Å². The topological polar surface area (TPSA) is 17.1 Å². The highest BCUT2D eigenvalue weighted by molar-refractivity contribution is 7.98. The van der Waals surface area contributed by atoms with Gasteiger partial charge in [0.25, 0.3) is 0 Å². The predicted molar refractivity (Wildman–Crippen MR) is 85.4 cm³/mol. The average molecular weight is 288 g/mol. The van der Waals surface area contributed by atoms with E-state index in [2.05, 4.69) is 18.4 Å². The Morgan fingerprint density at radius 1 is 1.21 bits per heavy atom. The van der Waals surface area contributed by atoms with Crippen molar-refractivity contribution in [2.24, 2.45) is 0 Å². The van der Waals surface area contributed by atoms with Gasteiger partial charge in [0.15, 0.2) is 5.78 Å². The van der Waals surface area contributed by atoms with Gasteiger partial charge in [0.05, 0.1) is 0 Å². The summed E-state index contributed by atoms with van der Waals surface area (Å²) in [4.78, 5) is 15.6. The van der Waals surface area contributed by atoms with Crippen molar-refractivity contribution in [1.82, 2.24) is 0 Å². The molecule has 0 aliphatic carbocycles. The molecule has 0 radical (unpaired) electrons. The van der Waals surface area contributed by atoms with Gasteiger partial charge < -0.3 is 0 Å². The molecule has 2 rings (SSSR count). The van der Waals surface area contributed by atoms with Gasteiger partial charge in [-0.25, -0.2) is 0 Å². The van der Waals surface area contributed by atoms with Crippen LogP contribution in [0.1, 0.15) is 25.7 Å². The molecule has 0 aliphatic heterocycles. The third kappa shape index (κ3) is 3.58. The zero-order chi connectivity index (χ0) is 13.8. The molecule has 1 nitrogen and oxygen atoms in total. The molecular formula is C16H16OS2. The van der Waals surface area contributed by atoms with E-state index < -0.39 is 0 Å². The summed E-state index contributed by atoms with van der Waals surface area (Å²) < 4.78 is 0. The van der Waals surface area contributed by atoms with Crippen LogP contribution in [0.2, 0.25) is 0 Å². The van der Waals surface area contributed by atoms with Crippen molar-refractivity contribution in [2.45, 2.75) is 18.7 Å². The fourth-order valence-electron chi connectivity index (χ4n) is 1.85. The second kappa shape index (κ2) is 6.22. The standard InChI is InChI=1S/C16H16OS2/c1-11-10-15(12(2)19-11)16(17)9-6-13-4-7-14(18-3)8-5-13/h4-10H,1-3H3. The SMILES string of the molecule is CSc1ccc(C=CC(=O)c2cc(C)sc2C)cc1. The Morgan fingerprint density at radius 2 is 1.89 bits per heavy atom. The van der Waals surface area contributed by atoms with Crippen LogP contribution in [0.3, 0.4) is 0 Å². The predicted octanol–water partition coefficient (Wildman–Crippen LogP) is 4.98. The van der Waals surface area contributed by atoms with Crippen LogP contribution in [0.4, 0.5) is 0 Å². The molecule has 0 saturated heterocycles. The smallest absolute Gasteiger partial charge is 0.186 e. The van der Waals surface area contributed by atoms with E-state index in [9.17, 15) is 4.79 Å². The van der Waals surface area contributed by atoms with Crippen molar-refractivity contribution < 1.29 is 4.79 Å². The van der Waals surface area contributed by atoms with Crippen LogP contribution in [0.5, 0.6) is 0 Å².